The minimum absolute atomic E-state index is 0.678. The quantitative estimate of drug-likeness (QED) is 0.876. The largest absolute Gasteiger partial charge is 0.366 e. The van der Waals surface area contributed by atoms with Crippen LogP contribution in [-0.2, 0) is 13.0 Å². The van der Waals surface area contributed by atoms with E-state index in [0.29, 0.717) is 6.54 Å². The van der Waals surface area contributed by atoms with Gasteiger partial charge in [-0.3, -0.25) is 4.98 Å². The van der Waals surface area contributed by atoms with Crippen LogP contribution in [0.1, 0.15) is 23.9 Å². The summed E-state index contributed by atoms with van der Waals surface area (Å²) in [5, 5.41) is 0. The van der Waals surface area contributed by atoms with Gasteiger partial charge < -0.3 is 10.6 Å². The molecule has 0 aliphatic rings. The van der Waals surface area contributed by atoms with E-state index in [-0.39, 0.29) is 0 Å². The van der Waals surface area contributed by atoms with E-state index in [1.54, 1.807) is 0 Å². The third-order valence-corrected chi connectivity index (χ3v) is 3.43. The smallest absolute Gasteiger partial charge is 0.0602 e. The van der Waals surface area contributed by atoms with Gasteiger partial charge in [-0.2, -0.15) is 0 Å². The summed E-state index contributed by atoms with van der Waals surface area (Å²) in [5.74, 6) is 0. The van der Waals surface area contributed by atoms with Gasteiger partial charge >= 0.3 is 0 Å². The molecule has 1 heterocycles. The van der Waals surface area contributed by atoms with Crippen molar-refractivity contribution in [3.63, 3.8) is 0 Å². The number of aromatic nitrogens is 1. The highest BCUT2D eigenvalue weighted by atomic mass is 15.1. The van der Waals surface area contributed by atoms with Crippen LogP contribution in [0, 0.1) is 6.92 Å². The summed E-state index contributed by atoms with van der Waals surface area (Å²) in [6, 6.07) is 14.7. The molecule has 0 bridgehead atoms. The molecule has 0 amide bonds. The molecule has 0 spiro atoms. The summed E-state index contributed by atoms with van der Waals surface area (Å²) in [6.45, 7) is 6.67. The molecule has 2 N–H and O–H groups in total. The first-order chi connectivity index (χ1) is 9.74. The number of pyridine rings is 1. The van der Waals surface area contributed by atoms with E-state index in [1.165, 1.54) is 11.3 Å². The fourth-order valence-corrected chi connectivity index (χ4v) is 2.44. The molecule has 0 aliphatic heterocycles. The van der Waals surface area contributed by atoms with E-state index in [2.05, 4.69) is 53.2 Å². The van der Waals surface area contributed by atoms with Crippen LogP contribution in [0.25, 0.3) is 0 Å². The van der Waals surface area contributed by atoms with Gasteiger partial charge in [0.25, 0.3) is 0 Å². The summed E-state index contributed by atoms with van der Waals surface area (Å²) in [5.41, 5.74) is 10.5. The second-order valence-electron chi connectivity index (χ2n) is 4.95. The van der Waals surface area contributed by atoms with Crippen LogP contribution < -0.4 is 10.6 Å². The molecule has 0 unspecified atom stereocenters. The summed E-state index contributed by atoms with van der Waals surface area (Å²) in [4.78, 5) is 6.95. The molecule has 106 valence electrons. The Bertz CT molecular complexity index is 551. The zero-order chi connectivity index (χ0) is 14.4. The van der Waals surface area contributed by atoms with Crippen molar-refractivity contribution in [3.05, 3.63) is 59.4 Å². The van der Waals surface area contributed by atoms with Gasteiger partial charge in [0.1, 0.15) is 0 Å². The monoisotopic (exact) mass is 269 g/mol. The molecule has 3 nitrogen and oxygen atoms in total. The fraction of sp³-hybridized carbons (Fsp3) is 0.353. The molecule has 1 aromatic carbocycles. The minimum Gasteiger partial charge on any atom is -0.366 e. The molecule has 2 rings (SSSR count). The molecule has 0 saturated carbocycles. The predicted octanol–water partition coefficient (Wildman–Crippen LogP) is 2.92. The molecule has 1 aromatic heterocycles. The molecule has 0 aliphatic carbocycles. The molecule has 0 fully saturated rings. The van der Waals surface area contributed by atoms with Crippen molar-refractivity contribution in [1.29, 1.82) is 0 Å². The third-order valence-electron chi connectivity index (χ3n) is 3.43. The Kier molecular flexibility index (Phi) is 5.13. The number of nitrogens with zero attached hydrogens (tertiary/aromatic N) is 2. The zero-order valence-electron chi connectivity index (χ0n) is 12.3. The Morgan fingerprint density at radius 3 is 2.60 bits per heavy atom. The fourth-order valence-electron chi connectivity index (χ4n) is 2.44. The van der Waals surface area contributed by atoms with Gasteiger partial charge in [0.05, 0.1) is 12.2 Å². The van der Waals surface area contributed by atoms with E-state index in [0.717, 1.165) is 30.9 Å². The Morgan fingerprint density at radius 2 is 1.90 bits per heavy atom. The lowest BCUT2D eigenvalue weighted by Crippen LogP contribution is -2.24. The highest BCUT2D eigenvalue weighted by Crippen LogP contribution is 2.22. The Labute approximate surface area is 121 Å². The van der Waals surface area contributed by atoms with Gasteiger partial charge in [-0.15, -0.1) is 0 Å². The average molecular weight is 269 g/mol. The maximum Gasteiger partial charge on any atom is 0.0602 e. The Balaban J connectivity index is 2.24. The predicted molar refractivity (Wildman–Crippen MR) is 84.9 cm³/mol. The van der Waals surface area contributed by atoms with Gasteiger partial charge in [-0.1, -0.05) is 24.3 Å². The number of aryl methyl sites for hydroxylation is 1. The number of nitrogens with two attached hydrogens (primary N) is 1. The number of anilines is 1. The van der Waals surface area contributed by atoms with Crippen LogP contribution in [0.5, 0.6) is 0 Å². The minimum atomic E-state index is 0.678. The zero-order valence-corrected chi connectivity index (χ0v) is 12.3. The summed E-state index contributed by atoms with van der Waals surface area (Å²) < 4.78 is 0. The standard InChI is InChI=1S/C17H23N3/c1-3-20(13-16-9-6-7-14(2)19-16)17-10-5-4-8-15(17)11-12-18/h4-10H,3,11-13,18H2,1-2H3. The van der Waals surface area contributed by atoms with Crippen LogP contribution in [0.3, 0.4) is 0 Å². The van der Waals surface area contributed by atoms with Crippen LogP contribution in [0.15, 0.2) is 42.5 Å². The van der Waals surface area contributed by atoms with Crippen molar-refractivity contribution < 1.29 is 0 Å². The maximum absolute atomic E-state index is 5.71. The SMILES string of the molecule is CCN(Cc1cccc(C)n1)c1ccccc1CCN. The molecule has 0 atom stereocenters. The number of para-hydroxylation sites is 1. The van der Waals surface area contributed by atoms with Crippen molar-refractivity contribution in [2.75, 3.05) is 18.0 Å². The highest BCUT2D eigenvalue weighted by molar-refractivity contribution is 5.54. The number of hydrogen-bond donors (Lipinski definition) is 1. The number of rotatable bonds is 6. The van der Waals surface area contributed by atoms with E-state index >= 15 is 0 Å². The van der Waals surface area contributed by atoms with Crippen LogP contribution in [-0.4, -0.2) is 18.1 Å². The van der Waals surface area contributed by atoms with Crippen molar-refractivity contribution in [2.24, 2.45) is 5.73 Å². The number of hydrogen-bond acceptors (Lipinski definition) is 3. The summed E-state index contributed by atoms with van der Waals surface area (Å²) in [7, 11) is 0. The van der Waals surface area contributed by atoms with Crippen LogP contribution in [0.2, 0.25) is 0 Å². The lowest BCUT2D eigenvalue weighted by atomic mass is 10.1. The van der Waals surface area contributed by atoms with Gasteiger partial charge in [0.15, 0.2) is 0 Å². The first-order valence-electron chi connectivity index (χ1n) is 7.20. The van der Waals surface area contributed by atoms with Gasteiger partial charge in [0.2, 0.25) is 0 Å². The Hall–Kier alpha value is -1.87. The van der Waals surface area contributed by atoms with E-state index < -0.39 is 0 Å². The van der Waals surface area contributed by atoms with E-state index in [1.807, 2.05) is 13.0 Å². The molecule has 20 heavy (non-hydrogen) atoms. The lowest BCUT2D eigenvalue weighted by molar-refractivity contribution is 0.796. The maximum atomic E-state index is 5.71. The molecule has 0 radical (unpaired) electrons. The van der Waals surface area contributed by atoms with Gasteiger partial charge in [-0.25, -0.2) is 0 Å². The molecular weight excluding hydrogens is 246 g/mol. The highest BCUT2D eigenvalue weighted by Gasteiger charge is 2.10. The van der Waals surface area contributed by atoms with Crippen LogP contribution >= 0.6 is 0 Å². The summed E-state index contributed by atoms with van der Waals surface area (Å²) in [6.07, 6.45) is 0.911. The molecule has 0 saturated heterocycles. The first-order valence-corrected chi connectivity index (χ1v) is 7.20. The van der Waals surface area contributed by atoms with Crippen molar-refractivity contribution in [2.45, 2.75) is 26.8 Å². The normalized spacial score (nSPS) is 10.6. The van der Waals surface area contributed by atoms with Crippen molar-refractivity contribution >= 4 is 5.69 Å². The Morgan fingerprint density at radius 1 is 1.10 bits per heavy atom. The average Bonchev–Trinajstić information content (AvgIpc) is 2.46. The lowest BCUT2D eigenvalue weighted by Gasteiger charge is -2.25. The van der Waals surface area contributed by atoms with Crippen LogP contribution in [0.4, 0.5) is 5.69 Å². The summed E-state index contributed by atoms with van der Waals surface area (Å²) >= 11 is 0. The van der Waals surface area contributed by atoms with E-state index in [4.69, 9.17) is 5.73 Å². The molecule has 2 aromatic rings. The molecular formula is C17H23N3. The second kappa shape index (κ2) is 7.06. The first kappa shape index (κ1) is 14.5. The second-order valence-corrected chi connectivity index (χ2v) is 4.95. The topological polar surface area (TPSA) is 42.2 Å². The van der Waals surface area contributed by atoms with Crippen molar-refractivity contribution in [3.8, 4) is 0 Å². The van der Waals surface area contributed by atoms with E-state index in [9.17, 15) is 0 Å². The van der Waals surface area contributed by atoms with Crippen molar-refractivity contribution in [1.82, 2.24) is 4.98 Å². The van der Waals surface area contributed by atoms with Gasteiger partial charge in [-0.05, 0) is 50.6 Å². The number of benzene rings is 1. The van der Waals surface area contributed by atoms with Gasteiger partial charge in [0, 0.05) is 17.9 Å². The molecule has 3 heteroatoms. The third kappa shape index (κ3) is 3.58.